The van der Waals surface area contributed by atoms with Crippen LogP contribution >= 0.6 is 0 Å². The van der Waals surface area contributed by atoms with Crippen molar-refractivity contribution in [3.8, 4) is 11.5 Å². The number of amides is 2. The molecule has 0 spiro atoms. The minimum atomic E-state index is -1.22. The van der Waals surface area contributed by atoms with Crippen LogP contribution in [0.1, 0.15) is 49.1 Å². The Kier molecular flexibility index (Phi) is 6.28. The van der Waals surface area contributed by atoms with E-state index in [4.69, 9.17) is 9.47 Å². The number of nitrogens with zero attached hydrogens (tertiary/aromatic N) is 2. The first-order valence-electron chi connectivity index (χ1n) is 13.5. The second kappa shape index (κ2) is 9.70. The van der Waals surface area contributed by atoms with Crippen molar-refractivity contribution < 1.29 is 23.5 Å². The van der Waals surface area contributed by atoms with Crippen molar-refractivity contribution in [2.24, 2.45) is 0 Å². The molecule has 0 radical (unpaired) electrons. The Bertz CT molecular complexity index is 1610. The van der Waals surface area contributed by atoms with E-state index in [-0.39, 0.29) is 42.7 Å². The molecule has 2 atom stereocenters. The summed E-state index contributed by atoms with van der Waals surface area (Å²) in [6.45, 7) is 6.28. The number of rotatable bonds is 6. The predicted octanol–water partition coefficient (Wildman–Crippen LogP) is 5.33. The monoisotopic (exact) mass is 541 g/mol. The normalized spacial score (nSPS) is 20.6. The largest absolute Gasteiger partial charge is 0.493 e. The van der Waals surface area contributed by atoms with E-state index < -0.39 is 5.54 Å². The van der Waals surface area contributed by atoms with Gasteiger partial charge in [-0.05, 0) is 67.8 Å². The van der Waals surface area contributed by atoms with E-state index in [9.17, 15) is 14.0 Å². The van der Waals surface area contributed by atoms with Gasteiger partial charge in [-0.2, -0.15) is 0 Å². The highest BCUT2D eigenvalue weighted by Crippen LogP contribution is 2.49. The third-order valence-electron chi connectivity index (χ3n) is 8.06. The number of aromatic amines is 1. The maximum absolute atomic E-state index is 14.2. The van der Waals surface area contributed by atoms with Crippen molar-refractivity contribution >= 4 is 22.7 Å². The minimum absolute atomic E-state index is 0.00908. The van der Waals surface area contributed by atoms with Crippen LogP contribution < -0.4 is 9.47 Å². The molecule has 7 nitrogen and oxygen atoms in total. The fourth-order valence-electron chi connectivity index (χ4n) is 6.17. The van der Waals surface area contributed by atoms with Gasteiger partial charge in [-0.1, -0.05) is 36.4 Å². The summed E-state index contributed by atoms with van der Waals surface area (Å²) in [6, 6.07) is 19.9. The number of fused-ring (bicyclic) bond motifs is 5. The number of para-hydroxylation sites is 1. The first-order chi connectivity index (χ1) is 19.2. The van der Waals surface area contributed by atoms with Crippen LogP contribution in [0.4, 0.5) is 4.39 Å². The van der Waals surface area contributed by atoms with E-state index in [1.54, 1.807) is 29.0 Å². The molecular weight excluding hydrogens is 509 g/mol. The molecule has 0 aliphatic carbocycles. The van der Waals surface area contributed by atoms with Gasteiger partial charge in [0.05, 0.1) is 18.9 Å². The van der Waals surface area contributed by atoms with E-state index in [0.29, 0.717) is 23.7 Å². The number of nitrogens with one attached hydrogen (secondary N) is 1. The smallest absolute Gasteiger partial charge is 0.255 e. The number of piperazine rings is 1. The number of aromatic nitrogens is 1. The standard InChI is InChI=1S/C32H32FN3O4/c1-19(2)40-26-14-11-21(15-27(26)39-4)24-17-36-28(37)18-35(16-20-9-12-22(33)13-10-20)31(38)32(36,3)30-29(24)23-7-5-6-8-25(23)34-30/h5-15,19,24,34H,16-18H2,1-4H3/t24?,32-/m0/s1. The maximum Gasteiger partial charge on any atom is 0.255 e. The molecule has 2 aliphatic rings. The van der Waals surface area contributed by atoms with Gasteiger partial charge in [0, 0.05) is 29.9 Å². The van der Waals surface area contributed by atoms with Gasteiger partial charge in [-0.25, -0.2) is 4.39 Å². The number of carbonyl (C=O) groups is 2. The fourth-order valence-corrected chi connectivity index (χ4v) is 6.17. The molecule has 40 heavy (non-hydrogen) atoms. The van der Waals surface area contributed by atoms with Crippen molar-refractivity contribution in [2.75, 3.05) is 20.2 Å². The summed E-state index contributed by atoms with van der Waals surface area (Å²) in [6.07, 6.45) is -0.00908. The molecular formula is C32H32FN3O4. The minimum Gasteiger partial charge on any atom is -0.493 e. The highest BCUT2D eigenvalue weighted by molar-refractivity contribution is 6.01. The molecule has 2 aliphatic heterocycles. The number of hydrogen-bond acceptors (Lipinski definition) is 4. The van der Waals surface area contributed by atoms with Gasteiger partial charge in [0.15, 0.2) is 17.0 Å². The van der Waals surface area contributed by atoms with Crippen molar-refractivity contribution in [2.45, 2.75) is 44.9 Å². The Morgan fingerprint density at radius 3 is 2.52 bits per heavy atom. The molecule has 1 saturated heterocycles. The highest BCUT2D eigenvalue weighted by atomic mass is 19.1. The summed E-state index contributed by atoms with van der Waals surface area (Å²) in [5.74, 6) is 0.436. The van der Waals surface area contributed by atoms with E-state index in [0.717, 1.165) is 27.6 Å². The van der Waals surface area contributed by atoms with Crippen LogP contribution in [0.3, 0.4) is 0 Å². The lowest BCUT2D eigenvalue weighted by Crippen LogP contribution is -2.67. The number of ether oxygens (including phenoxy) is 2. The van der Waals surface area contributed by atoms with Crippen molar-refractivity contribution in [3.05, 3.63) is 94.9 Å². The molecule has 3 aromatic carbocycles. The zero-order chi connectivity index (χ0) is 28.2. The summed E-state index contributed by atoms with van der Waals surface area (Å²) in [4.78, 5) is 34.8. The Hall–Kier alpha value is -4.33. The summed E-state index contributed by atoms with van der Waals surface area (Å²) in [5, 5.41) is 1.01. The van der Waals surface area contributed by atoms with Gasteiger partial charge < -0.3 is 24.3 Å². The number of carbonyl (C=O) groups excluding carboxylic acids is 2. The summed E-state index contributed by atoms with van der Waals surface area (Å²) in [5.41, 5.74) is 3.14. The average molecular weight is 542 g/mol. The van der Waals surface area contributed by atoms with Gasteiger partial charge in [-0.15, -0.1) is 0 Å². The first kappa shape index (κ1) is 25.9. The molecule has 1 aromatic heterocycles. The van der Waals surface area contributed by atoms with Crippen LogP contribution in [-0.4, -0.2) is 52.9 Å². The summed E-state index contributed by atoms with van der Waals surface area (Å²) in [7, 11) is 1.61. The molecule has 6 rings (SSSR count). The van der Waals surface area contributed by atoms with E-state index >= 15 is 0 Å². The number of hydrogen-bond donors (Lipinski definition) is 1. The molecule has 8 heteroatoms. The SMILES string of the molecule is COc1cc(C2CN3C(=O)CN(Cc4ccc(F)cc4)C(=O)[C@]3(C)c3[nH]c4ccccc4c32)ccc1OC(C)C. The summed E-state index contributed by atoms with van der Waals surface area (Å²) >= 11 is 0. The molecule has 4 aromatic rings. The lowest BCUT2D eigenvalue weighted by molar-refractivity contribution is -0.166. The molecule has 3 heterocycles. The lowest BCUT2D eigenvalue weighted by atomic mass is 9.76. The Balaban J connectivity index is 1.47. The van der Waals surface area contributed by atoms with Gasteiger partial charge in [-0.3, -0.25) is 9.59 Å². The Labute approximate surface area is 232 Å². The molecule has 1 unspecified atom stereocenters. The average Bonchev–Trinajstić information content (AvgIpc) is 3.34. The molecule has 1 N–H and O–H groups in total. The molecule has 206 valence electrons. The summed E-state index contributed by atoms with van der Waals surface area (Å²) < 4.78 is 25.1. The molecule has 0 bridgehead atoms. The van der Waals surface area contributed by atoms with Crippen LogP contribution in [0, 0.1) is 5.82 Å². The van der Waals surface area contributed by atoms with Gasteiger partial charge in [0.2, 0.25) is 5.91 Å². The molecule has 0 saturated carbocycles. The Morgan fingerprint density at radius 1 is 1.05 bits per heavy atom. The first-order valence-corrected chi connectivity index (χ1v) is 13.5. The highest BCUT2D eigenvalue weighted by Gasteiger charge is 2.56. The maximum atomic E-state index is 14.2. The number of benzene rings is 3. The van der Waals surface area contributed by atoms with E-state index in [1.165, 1.54) is 12.1 Å². The van der Waals surface area contributed by atoms with Crippen LogP contribution in [0.5, 0.6) is 11.5 Å². The van der Waals surface area contributed by atoms with Crippen molar-refractivity contribution in [1.29, 1.82) is 0 Å². The third-order valence-corrected chi connectivity index (χ3v) is 8.06. The van der Waals surface area contributed by atoms with Crippen LogP contribution in [0.15, 0.2) is 66.7 Å². The molecule has 1 fully saturated rings. The van der Waals surface area contributed by atoms with Crippen LogP contribution in [-0.2, 0) is 21.7 Å². The molecule has 2 amide bonds. The van der Waals surface area contributed by atoms with Gasteiger partial charge >= 0.3 is 0 Å². The Morgan fingerprint density at radius 2 is 1.80 bits per heavy atom. The number of methoxy groups -OCH3 is 1. The number of halogens is 1. The quantitative estimate of drug-likeness (QED) is 0.358. The predicted molar refractivity (Wildman–Crippen MR) is 150 cm³/mol. The lowest BCUT2D eigenvalue weighted by Gasteiger charge is -2.51. The van der Waals surface area contributed by atoms with Gasteiger partial charge in [0.25, 0.3) is 5.91 Å². The second-order valence-electron chi connectivity index (χ2n) is 11.0. The zero-order valence-electron chi connectivity index (χ0n) is 23.0. The van der Waals surface area contributed by atoms with E-state index in [2.05, 4.69) is 11.1 Å². The van der Waals surface area contributed by atoms with Crippen molar-refractivity contribution in [3.63, 3.8) is 0 Å². The van der Waals surface area contributed by atoms with E-state index in [1.807, 2.05) is 57.2 Å². The fraction of sp³-hybridized carbons (Fsp3) is 0.312. The topological polar surface area (TPSA) is 74.9 Å². The zero-order valence-corrected chi connectivity index (χ0v) is 23.0. The van der Waals surface area contributed by atoms with Gasteiger partial charge in [0.1, 0.15) is 12.4 Å². The van der Waals surface area contributed by atoms with Crippen molar-refractivity contribution in [1.82, 2.24) is 14.8 Å². The van der Waals surface area contributed by atoms with Crippen LogP contribution in [0.2, 0.25) is 0 Å². The van der Waals surface area contributed by atoms with Crippen LogP contribution in [0.25, 0.3) is 10.9 Å². The third kappa shape index (κ3) is 4.10. The second-order valence-corrected chi connectivity index (χ2v) is 11.0. The number of H-pyrrole nitrogens is 1.